The van der Waals surface area contributed by atoms with Gasteiger partial charge < -0.3 is 10.0 Å². The number of rotatable bonds is 4. The lowest BCUT2D eigenvalue weighted by atomic mass is 9.99. The monoisotopic (exact) mass is 301 g/mol. The van der Waals surface area contributed by atoms with E-state index in [1.165, 1.54) is 17.8 Å². The maximum atomic E-state index is 13.0. The number of hydrogen-bond donors (Lipinski definition) is 1. The Kier molecular flexibility index (Phi) is 5.37. The fourth-order valence-corrected chi connectivity index (χ4v) is 3.07. The molecule has 3 nitrogen and oxygen atoms in total. The van der Waals surface area contributed by atoms with Crippen LogP contribution in [0, 0.1) is 17.6 Å². The van der Waals surface area contributed by atoms with Gasteiger partial charge in [0.15, 0.2) is 11.6 Å². The minimum Gasteiger partial charge on any atom is -0.396 e. The maximum absolute atomic E-state index is 13.0. The molecule has 1 aromatic carbocycles. The summed E-state index contributed by atoms with van der Waals surface area (Å²) in [5, 5.41) is 9.13. The highest BCUT2D eigenvalue weighted by Gasteiger charge is 2.22. The van der Waals surface area contributed by atoms with Crippen molar-refractivity contribution in [2.24, 2.45) is 5.92 Å². The van der Waals surface area contributed by atoms with E-state index in [-0.39, 0.29) is 24.2 Å². The Hall–Kier alpha value is -1.14. The number of hydrogen-bond acceptors (Lipinski definition) is 3. The summed E-state index contributed by atoms with van der Waals surface area (Å²) in [6.07, 6.45) is 1.84. The Balaban J connectivity index is 1.86. The van der Waals surface area contributed by atoms with Gasteiger partial charge in [0.1, 0.15) is 0 Å². The van der Waals surface area contributed by atoms with Crippen molar-refractivity contribution in [1.82, 2.24) is 4.90 Å². The van der Waals surface area contributed by atoms with Gasteiger partial charge in [-0.3, -0.25) is 4.79 Å². The normalized spacial score (nSPS) is 19.1. The van der Waals surface area contributed by atoms with Crippen molar-refractivity contribution in [3.05, 3.63) is 29.8 Å². The second kappa shape index (κ2) is 7.04. The van der Waals surface area contributed by atoms with E-state index in [2.05, 4.69) is 0 Å². The number of carbonyl (C=O) groups excluding carboxylic acids is 1. The molecule has 0 bridgehead atoms. The predicted octanol–water partition coefficient (Wildman–Crippen LogP) is 2.29. The maximum Gasteiger partial charge on any atom is 0.232 e. The minimum atomic E-state index is -0.902. The molecule has 1 unspecified atom stereocenters. The lowest BCUT2D eigenvalue weighted by molar-refractivity contribution is -0.130. The molecule has 0 spiro atoms. The Bertz CT molecular complexity index is 484. The third-order valence-corrected chi connectivity index (χ3v) is 4.36. The molecule has 1 saturated heterocycles. The van der Waals surface area contributed by atoms with Gasteiger partial charge in [-0.2, -0.15) is 0 Å². The van der Waals surface area contributed by atoms with Crippen LogP contribution in [0.5, 0.6) is 0 Å². The first-order valence-corrected chi connectivity index (χ1v) is 7.55. The second-order valence-electron chi connectivity index (χ2n) is 4.90. The van der Waals surface area contributed by atoms with Gasteiger partial charge in [0, 0.05) is 24.6 Å². The van der Waals surface area contributed by atoms with E-state index >= 15 is 0 Å². The topological polar surface area (TPSA) is 40.5 Å². The number of amides is 1. The number of benzene rings is 1. The van der Waals surface area contributed by atoms with Crippen molar-refractivity contribution < 1.29 is 18.7 Å². The number of nitrogens with zero attached hydrogens (tertiary/aromatic N) is 1. The van der Waals surface area contributed by atoms with Gasteiger partial charge in [-0.15, -0.1) is 11.8 Å². The highest BCUT2D eigenvalue weighted by Crippen LogP contribution is 2.22. The lowest BCUT2D eigenvalue weighted by Crippen LogP contribution is -2.41. The van der Waals surface area contributed by atoms with Gasteiger partial charge in [0.25, 0.3) is 0 Å². The molecule has 110 valence electrons. The van der Waals surface area contributed by atoms with Crippen LogP contribution in [0.2, 0.25) is 0 Å². The quantitative estimate of drug-likeness (QED) is 0.868. The number of halogens is 2. The molecule has 2 rings (SSSR count). The van der Waals surface area contributed by atoms with Gasteiger partial charge >= 0.3 is 0 Å². The van der Waals surface area contributed by atoms with E-state index in [0.29, 0.717) is 18.0 Å². The van der Waals surface area contributed by atoms with Crippen LogP contribution in [-0.2, 0) is 4.79 Å². The molecule has 6 heteroatoms. The van der Waals surface area contributed by atoms with Gasteiger partial charge in [0.05, 0.1) is 5.75 Å². The molecule has 1 aliphatic rings. The van der Waals surface area contributed by atoms with Crippen molar-refractivity contribution in [2.75, 3.05) is 25.4 Å². The summed E-state index contributed by atoms with van der Waals surface area (Å²) in [6, 6.07) is 3.62. The molecule has 0 saturated carbocycles. The first kappa shape index (κ1) is 15.3. The van der Waals surface area contributed by atoms with Gasteiger partial charge in [-0.25, -0.2) is 8.78 Å². The molecule has 1 amide bonds. The average molecular weight is 301 g/mol. The molecule has 1 aromatic rings. The molecule has 0 radical (unpaired) electrons. The molecule has 0 aromatic heterocycles. The standard InChI is InChI=1S/C14H17F2NO2S/c15-12-4-3-11(6-13(12)16)20-9-14(19)17-5-1-2-10(7-17)8-18/h3-4,6,10,18H,1-2,5,7-9H2. The molecular weight excluding hydrogens is 284 g/mol. The predicted molar refractivity (Wildman–Crippen MR) is 73.5 cm³/mol. The van der Waals surface area contributed by atoms with Crippen molar-refractivity contribution in [3.63, 3.8) is 0 Å². The number of thioether (sulfide) groups is 1. The molecule has 1 N–H and O–H groups in total. The molecule has 1 fully saturated rings. The average Bonchev–Trinajstić information content (AvgIpc) is 2.48. The zero-order chi connectivity index (χ0) is 14.5. The Morgan fingerprint density at radius 3 is 2.90 bits per heavy atom. The fraction of sp³-hybridized carbons (Fsp3) is 0.500. The highest BCUT2D eigenvalue weighted by atomic mass is 32.2. The SMILES string of the molecule is O=C(CSc1ccc(F)c(F)c1)N1CCCC(CO)C1. The number of aliphatic hydroxyl groups excluding tert-OH is 1. The summed E-state index contributed by atoms with van der Waals surface area (Å²) >= 11 is 1.19. The smallest absolute Gasteiger partial charge is 0.232 e. The van der Waals surface area contributed by atoms with E-state index in [4.69, 9.17) is 5.11 Å². The summed E-state index contributed by atoms with van der Waals surface area (Å²) in [5.41, 5.74) is 0. The van der Waals surface area contributed by atoms with Crippen LogP contribution in [0.4, 0.5) is 8.78 Å². The van der Waals surface area contributed by atoms with Crippen LogP contribution >= 0.6 is 11.8 Å². The molecule has 1 atom stereocenters. The lowest BCUT2D eigenvalue weighted by Gasteiger charge is -2.31. The van der Waals surface area contributed by atoms with Crippen LogP contribution in [0.25, 0.3) is 0 Å². The van der Waals surface area contributed by atoms with Gasteiger partial charge in [0.2, 0.25) is 5.91 Å². The van der Waals surface area contributed by atoms with Crippen molar-refractivity contribution in [3.8, 4) is 0 Å². The summed E-state index contributed by atoms with van der Waals surface area (Å²) in [7, 11) is 0. The number of carbonyl (C=O) groups is 1. The zero-order valence-electron chi connectivity index (χ0n) is 11.0. The first-order valence-electron chi connectivity index (χ1n) is 6.56. The highest BCUT2D eigenvalue weighted by molar-refractivity contribution is 8.00. The summed E-state index contributed by atoms with van der Waals surface area (Å²) in [4.78, 5) is 14.3. The van der Waals surface area contributed by atoms with Crippen LogP contribution in [0.1, 0.15) is 12.8 Å². The summed E-state index contributed by atoms with van der Waals surface area (Å²) in [5.74, 6) is -1.47. The number of piperidine rings is 1. The van der Waals surface area contributed by atoms with Crippen molar-refractivity contribution in [1.29, 1.82) is 0 Å². The number of likely N-dealkylation sites (tertiary alicyclic amines) is 1. The van der Waals surface area contributed by atoms with Crippen molar-refractivity contribution in [2.45, 2.75) is 17.7 Å². The minimum absolute atomic E-state index is 0.0297. The van der Waals surface area contributed by atoms with Crippen LogP contribution in [-0.4, -0.2) is 41.4 Å². The summed E-state index contributed by atoms with van der Waals surface area (Å²) < 4.78 is 25.8. The van der Waals surface area contributed by atoms with E-state index in [1.807, 2.05) is 0 Å². The molecule has 1 aliphatic heterocycles. The fourth-order valence-electron chi connectivity index (χ4n) is 2.24. The Morgan fingerprint density at radius 1 is 1.40 bits per heavy atom. The zero-order valence-corrected chi connectivity index (χ0v) is 11.8. The molecule has 1 heterocycles. The van der Waals surface area contributed by atoms with E-state index in [1.54, 1.807) is 4.90 Å². The first-order chi connectivity index (χ1) is 9.60. The second-order valence-corrected chi connectivity index (χ2v) is 5.94. The van der Waals surface area contributed by atoms with Gasteiger partial charge in [-0.05, 0) is 37.0 Å². The van der Waals surface area contributed by atoms with Gasteiger partial charge in [-0.1, -0.05) is 0 Å². The van der Waals surface area contributed by atoms with Crippen molar-refractivity contribution >= 4 is 17.7 Å². The van der Waals surface area contributed by atoms with E-state index in [0.717, 1.165) is 25.0 Å². The number of aliphatic hydroxyl groups is 1. The third kappa shape index (κ3) is 3.93. The van der Waals surface area contributed by atoms with E-state index < -0.39 is 11.6 Å². The Labute approximate surface area is 121 Å². The largest absolute Gasteiger partial charge is 0.396 e. The summed E-state index contributed by atoms with van der Waals surface area (Å²) in [6.45, 7) is 1.38. The van der Waals surface area contributed by atoms with E-state index in [9.17, 15) is 13.6 Å². The van der Waals surface area contributed by atoms with Crippen LogP contribution in [0.3, 0.4) is 0 Å². The molecule has 0 aliphatic carbocycles. The van der Waals surface area contributed by atoms with Crippen LogP contribution in [0.15, 0.2) is 23.1 Å². The van der Waals surface area contributed by atoms with Crippen LogP contribution < -0.4 is 0 Å². The third-order valence-electron chi connectivity index (χ3n) is 3.38. The Morgan fingerprint density at radius 2 is 2.20 bits per heavy atom. The molecule has 20 heavy (non-hydrogen) atoms. The molecular formula is C14H17F2NO2S.